The Balaban J connectivity index is 2.34. The van der Waals surface area contributed by atoms with Crippen molar-refractivity contribution in [1.29, 1.82) is 0 Å². The maximum Gasteiger partial charge on any atom is 0.314 e. The van der Waals surface area contributed by atoms with Gasteiger partial charge in [-0.2, -0.15) is 0 Å². The van der Waals surface area contributed by atoms with Gasteiger partial charge in [-0.15, -0.1) is 0 Å². The Morgan fingerprint density at radius 1 is 1.39 bits per heavy atom. The number of likely N-dealkylation sites (tertiary alicyclic amines) is 1. The highest BCUT2D eigenvalue weighted by Gasteiger charge is 2.32. The first-order valence-corrected chi connectivity index (χ1v) is 10.9. The van der Waals surface area contributed by atoms with Gasteiger partial charge in [0.25, 0.3) is 0 Å². The topological polar surface area (TPSA) is 67.6 Å². The van der Waals surface area contributed by atoms with Crippen LogP contribution in [0.3, 0.4) is 0 Å². The Morgan fingerprint density at radius 3 is 2.54 bits per heavy atom. The second-order valence-corrected chi connectivity index (χ2v) is 10.4. The van der Waals surface area contributed by atoms with Crippen LogP contribution in [-0.2, 0) is 0 Å². The molecular weight excluding hydrogens is 417 g/mol. The molecule has 0 spiro atoms. The second kappa shape index (κ2) is 10.1. The van der Waals surface area contributed by atoms with E-state index in [1.54, 1.807) is 29.0 Å². The SMILES string of the molecule is C=CCOc1cc(Cl)c(Cl)cc1C(NSC(C)(C)C)C1CCN(C(N)=O)CC1. The second-order valence-electron chi connectivity index (χ2n) is 7.88. The van der Waals surface area contributed by atoms with Crippen LogP contribution >= 0.6 is 35.1 Å². The summed E-state index contributed by atoms with van der Waals surface area (Å²) >= 11 is 14.3. The molecule has 0 radical (unpaired) electrons. The van der Waals surface area contributed by atoms with E-state index in [-0.39, 0.29) is 16.8 Å². The fourth-order valence-corrected chi connectivity index (χ4v) is 4.29. The molecule has 2 rings (SSSR count). The Kier molecular flexibility index (Phi) is 8.37. The molecule has 1 aromatic rings. The van der Waals surface area contributed by atoms with Gasteiger partial charge in [-0.25, -0.2) is 4.79 Å². The molecule has 1 aromatic carbocycles. The van der Waals surface area contributed by atoms with Crippen molar-refractivity contribution in [2.45, 2.75) is 44.4 Å². The summed E-state index contributed by atoms with van der Waals surface area (Å²) in [6.45, 7) is 11.8. The molecule has 1 saturated heterocycles. The molecule has 1 aliphatic heterocycles. The molecule has 0 saturated carbocycles. The standard InChI is InChI=1S/C20H29Cl2N3O2S/c1-5-10-27-17-12-16(22)15(21)11-14(17)18(24-28-20(2,3)4)13-6-8-25(9-7-13)19(23)26/h5,11-13,18,24H,1,6-10H2,2-4H3,(H2,23,26). The van der Waals surface area contributed by atoms with Gasteiger partial charge in [0.2, 0.25) is 0 Å². The minimum Gasteiger partial charge on any atom is -0.489 e. The summed E-state index contributed by atoms with van der Waals surface area (Å²) in [5, 5.41) is 0.944. The van der Waals surface area contributed by atoms with Crippen LogP contribution in [0.2, 0.25) is 10.0 Å². The number of hydrogen-bond donors (Lipinski definition) is 2. The zero-order chi connectivity index (χ0) is 20.9. The molecule has 28 heavy (non-hydrogen) atoms. The van der Waals surface area contributed by atoms with E-state index in [1.165, 1.54) is 0 Å². The van der Waals surface area contributed by atoms with E-state index >= 15 is 0 Å². The number of nitrogens with two attached hydrogens (primary N) is 1. The van der Waals surface area contributed by atoms with Gasteiger partial charge in [-0.05, 0) is 45.6 Å². The third-order valence-electron chi connectivity index (χ3n) is 4.56. The zero-order valence-corrected chi connectivity index (χ0v) is 19.0. The Morgan fingerprint density at radius 2 is 2.00 bits per heavy atom. The smallest absolute Gasteiger partial charge is 0.314 e. The number of primary amides is 1. The average molecular weight is 446 g/mol. The van der Waals surface area contributed by atoms with Gasteiger partial charge in [0, 0.05) is 35.5 Å². The van der Waals surface area contributed by atoms with E-state index in [2.05, 4.69) is 32.1 Å². The van der Waals surface area contributed by atoms with Crippen LogP contribution in [0.5, 0.6) is 5.75 Å². The summed E-state index contributed by atoms with van der Waals surface area (Å²) in [7, 11) is 0. The van der Waals surface area contributed by atoms with Crippen LogP contribution in [-0.4, -0.2) is 35.4 Å². The third kappa shape index (κ3) is 6.48. The monoisotopic (exact) mass is 445 g/mol. The number of benzene rings is 1. The van der Waals surface area contributed by atoms with Crippen LogP contribution in [0.15, 0.2) is 24.8 Å². The number of piperidine rings is 1. The first-order valence-electron chi connectivity index (χ1n) is 9.33. The quantitative estimate of drug-likeness (QED) is 0.433. The Hall–Kier alpha value is -1.08. The largest absolute Gasteiger partial charge is 0.489 e. The number of carbonyl (C=O) groups excluding carboxylic acids is 1. The summed E-state index contributed by atoms with van der Waals surface area (Å²) in [5.74, 6) is 0.993. The van der Waals surface area contributed by atoms with Gasteiger partial charge in [-0.3, -0.25) is 4.72 Å². The molecule has 1 aliphatic rings. The lowest BCUT2D eigenvalue weighted by molar-refractivity contribution is 0.168. The minimum atomic E-state index is -0.364. The molecule has 8 heteroatoms. The molecule has 0 bridgehead atoms. The van der Waals surface area contributed by atoms with Crippen molar-refractivity contribution < 1.29 is 9.53 Å². The lowest BCUT2D eigenvalue weighted by Gasteiger charge is -2.37. The van der Waals surface area contributed by atoms with Crippen LogP contribution in [0, 0.1) is 5.92 Å². The number of urea groups is 1. The number of ether oxygens (including phenoxy) is 1. The lowest BCUT2D eigenvalue weighted by Crippen LogP contribution is -2.44. The van der Waals surface area contributed by atoms with Crippen LogP contribution in [0.25, 0.3) is 0 Å². The summed E-state index contributed by atoms with van der Waals surface area (Å²) in [6.07, 6.45) is 3.38. The molecule has 5 nitrogen and oxygen atoms in total. The highest BCUT2D eigenvalue weighted by molar-refractivity contribution is 7.98. The highest BCUT2D eigenvalue weighted by atomic mass is 35.5. The van der Waals surface area contributed by atoms with Crippen molar-refractivity contribution >= 4 is 41.2 Å². The fraction of sp³-hybridized carbons (Fsp3) is 0.550. The summed E-state index contributed by atoms with van der Waals surface area (Å²) < 4.78 is 9.55. The van der Waals surface area contributed by atoms with Gasteiger partial charge < -0.3 is 15.4 Å². The average Bonchev–Trinajstić information content (AvgIpc) is 2.62. The summed E-state index contributed by atoms with van der Waals surface area (Å²) in [6, 6.07) is 3.27. The van der Waals surface area contributed by atoms with Crippen LogP contribution in [0.4, 0.5) is 4.79 Å². The van der Waals surface area contributed by atoms with E-state index in [0.717, 1.165) is 18.4 Å². The van der Waals surface area contributed by atoms with Gasteiger partial charge in [0.15, 0.2) is 0 Å². The number of carbonyl (C=O) groups is 1. The molecule has 3 N–H and O–H groups in total. The normalized spacial score (nSPS) is 16.7. The van der Waals surface area contributed by atoms with E-state index in [1.807, 2.05) is 6.07 Å². The first kappa shape index (κ1) is 23.2. The molecule has 1 fully saturated rings. The maximum atomic E-state index is 11.5. The van der Waals surface area contributed by atoms with Gasteiger partial charge in [0.1, 0.15) is 12.4 Å². The number of nitrogens with zero attached hydrogens (tertiary/aromatic N) is 1. The molecule has 1 atom stereocenters. The Bertz CT molecular complexity index is 701. The lowest BCUT2D eigenvalue weighted by atomic mass is 9.85. The number of amides is 2. The van der Waals surface area contributed by atoms with E-state index in [0.29, 0.717) is 41.4 Å². The van der Waals surface area contributed by atoms with Gasteiger partial charge in [0.05, 0.1) is 10.0 Å². The van der Waals surface area contributed by atoms with Crippen molar-refractivity contribution in [3.8, 4) is 5.75 Å². The molecule has 1 unspecified atom stereocenters. The molecular formula is C20H29Cl2N3O2S. The number of halogens is 2. The van der Waals surface area contributed by atoms with Crippen LogP contribution < -0.4 is 15.2 Å². The number of nitrogens with one attached hydrogen (secondary N) is 1. The van der Waals surface area contributed by atoms with Crippen LogP contribution in [0.1, 0.15) is 45.2 Å². The van der Waals surface area contributed by atoms with Crippen molar-refractivity contribution in [2.24, 2.45) is 11.7 Å². The Labute approximate surface area is 182 Å². The van der Waals surface area contributed by atoms with Crippen molar-refractivity contribution in [3.05, 3.63) is 40.4 Å². The predicted molar refractivity (Wildman–Crippen MR) is 119 cm³/mol. The zero-order valence-electron chi connectivity index (χ0n) is 16.6. The van der Waals surface area contributed by atoms with E-state index < -0.39 is 0 Å². The molecule has 156 valence electrons. The van der Waals surface area contributed by atoms with Crippen molar-refractivity contribution in [2.75, 3.05) is 19.7 Å². The summed E-state index contributed by atoms with van der Waals surface area (Å²) in [5.41, 5.74) is 6.40. The van der Waals surface area contributed by atoms with Gasteiger partial charge >= 0.3 is 6.03 Å². The number of hydrogen-bond acceptors (Lipinski definition) is 4. The maximum absolute atomic E-state index is 11.5. The molecule has 2 amide bonds. The van der Waals surface area contributed by atoms with Crippen molar-refractivity contribution in [1.82, 2.24) is 9.62 Å². The van der Waals surface area contributed by atoms with E-state index in [9.17, 15) is 4.79 Å². The van der Waals surface area contributed by atoms with Gasteiger partial charge in [-0.1, -0.05) is 47.8 Å². The van der Waals surface area contributed by atoms with E-state index in [4.69, 9.17) is 33.7 Å². The minimum absolute atomic E-state index is 0.00571. The molecule has 1 heterocycles. The molecule has 0 aromatic heterocycles. The highest BCUT2D eigenvalue weighted by Crippen LogP contribution is 2.41. The third-order valence-corrected chi connectivity index (χ3v) is 6.27. The first-order chi connectivity index (χ1) is 13.1. The molecule has 0 aliphatic carbocycles. The summed E-state index contributed by atoms with van der Waals surface area (Å²) in [4.78, 5) is 13.2. The number of rotatable bonds is 7. The fourth-order valence-electron chi connectivity index (χ4n) is 3.17. The van der Waals surface area contributed by atoms with Crippen molar-refractivity contribution in [3.63, 3.8) is 0 Å². The predicted octanol–water partition coefficient (Wildman–Crippen LogP) is 5.43.